The number of likely N-dealkylation sites (tertiary alicyclic amines) is 1. The van der Waals surface area contributed by atoms with Crippen molar-refractivity contribution in [2.75, 3.05) is 45.1 Å². The predicted octanol–water partition coefficient (Wildman–Crippen LogP) is 0.734. The Labute approximate surface area is 148 Å². The molecule has 2 saturated heterocycles. The fraction of sp³-hybridized carbons (Fsp3) is 0.588. The number of benzene rings is 1. The smallest absolute Gasteiger partial charge is 0.312 e. The lowest BCUT2D eigenvalue weighted by molar-refractivity contribution is -0.148. The molecule has 0 amide bonds. The number of carboxylic acid groups (broad SMARTS) is 1. The molecule has 3 rings (SSSR count). The highest BCUT2D eigenvalue weighted by molar-refractivity contribution is 7.89. The summed E-state index contributed by atoms with van der Waals surface area (Å²) in [6.45, 7) is 3.99. The zero-order valence-electron chi connectivity index (χ0n) is 14.3. The Hall–Kier alpha value is -1.64. The zero-order valence-corrected chi connectivity index (χ0v) is 15.1. The molecule has 2 aliphatic rings. The highest BCUT2D eigenvalue weighted by Crippen LogP contribution is 2.43. The fourth-order valence-electron chi connectivity index (χ4n) is 3.80. The summed E-state index contributed by atoms with van der Waals surface area (Å²) in [5, 5.41) is 9.77. The molecule has 2 fully saturated rings. The Morgan fingerprint density at radius 2 is 2.00 bits per heavy atom. The van der Waals surface area contributed by atoms with Gasteiger partial charge in [0.05, 0.1) is 11.2 Å². The van der Waals surface area contributed by atoms with Crippen LogP contribution in [0.25, 0.3) is 0 Å². The number of carbonyl (C=O) groups is 1. The number of nitrogens with zero attached hydrogens (tertiary/aromatic N) is 2. The second kappa shape index (κ2) is 6.93. The Balaban J connectivity index is 1.61. The van der Waals surface area contributed by atoms with Crippen molar-refractivity contribution in [3.63, 3.8) is 0 Å². The molecule has 1 aromatic rings. The van der Waals surface area contributed by atoms with Crippen molar-refractivity contribution in [2.45, 2.75) is 6.92 Å². The van der Waals surface area contributed by atoms with Crippen molar-refractivity contribution in [3.8, 4) is 5.75 Å². The standard InChI is InChI=1S/C17H24N2O5S/c1-2-25(22,23)19-11-14-10-18(12-17(14,13-19)16(20)21)8-9-24-15-6-4-3-5-7-15/h3-7,14H,2,8-13H2,1H3,(H,20,21). The van der Waals surface area contributed by atoms with Crippen LogP contribution in [0.4, 0.5) is 0 Å². The summed E-state index contributed by atoms with van der Waals surface area (Å²) in [7, 11) is -3.36. The van der Waals surface area contributed by atoms with Gasteiger partial charge < -0.3 is 9.84 Å². The van der Waals surface area contributed by atoms with E-state index in [1.54, 1.807) is 6.92 Å². The van der Waals surface area contributed by atoms with Gasteiger partial charge in [0.15, 0.2) is 0 Å². The maximum Gasteiger partial charge on any atom is 0.312 e. The van der Waals surface area contributed by atoms with E-state index >= 15 is 0 Å². The summed E-state index contributed by atoms with van der Waals surface area (Å²) in [5.74, 6) is -0.291. The lowest BCUT2D eigenvalue weighted by Gasteiger charge is -2.25. The molecule has 2 aliphatic heterocycles. The van der Waals surface area contributed by atoms with E-state index in [0.717, 1.165) is 5.75 Å². The van der Waals surface area contributed by atoms with Gasteiger partial charge >= 0.3 is 5.97 Å². The zero-order chi connectivity index (χ0) is 18.1. The van der Waals surface area contributed by atoms with Crippen LogP contribution in [0.15, 0.2) is 30.3 Å². The number of sulfonamides is 1. The highest BCUT2D eigenvalue weighted by atomic mass is 32.2. The van der Waals surface area contributed by atoms with Gasteiger partial charge in [-0.3, -0.25) is 9.69 Å². The quantitative estimate of drug-likeness (QED) is 0.764. The second-order valence-electron chi connectivity index (χ2n) is 6.75. The first-order chi connectivity index (χ1) is 11.9. The van der Waals surface area contributed by atoms with Crippen molar-refractivity contribution >= 4 is 16.0 Å². The fourth-order valence-corrected chi connectivity index (χ4v) is 5.00. The van der Waals surface area contributed by atoms with Gasteiger partial charge in [0, 0.05) is 38.6 Å². The molecule has 0 saturated carbocycles. The molecule has 7 nitrogen and oxygen atoms in total. The number of fused-ring (bicyclic) bond motifs is 1. The molecular weight excluding hydrogens is 344 g/mol. The molecule has 8 heteroatoms. The first kappa shape index (κ1) is 18.2. The molecule has 0 aromatic heterocycles. The summed E-state index contributed by atoms with van der Waals surface area (Å²) in [6, 6.07) is 9.48. The van der Waals surface area contributed by atoms with Gasteiger partial charge in [0.1, 0.15) is 12.4 Å². The Morgan fingerprint density at radius 1 is 1.28 bits per heavy atom. The molecule has 1 N–H and O–H groups in total. The Bertz CT molecular complexity index is 724. The molecule has 0 spiro atoms. The number of rotatable bonds is 7. The van der Waals surface area contributed by atoms with Crippen molar-refractivity contribution in [1.82, 2.24) is 9.21 Å². The van der Waals surface area contributed by atoms with Crippen LogP contribution in [-0.4, -0.2) is 73.8 Å². The van der Waals surface area contributed by atoms with Gasteiger partial charge in [-0.2, -0.15) is 0 Å². The summed E-state index contributed by atoms with van der Waals surface area (Å²) in [5.41, 5.74) is -1.00. The van der Waals surface area contributed by atoms with E-state index < -0.39 is 21.4 Å². The number of para-hydroxylation sites is 1. The van der Waals surface area contributed by atoms with Crippen molar-refractivity contribution in [1.29, 1.82) is 0 Å². The molecule has 0 aliphatic carbocycles. The predicted molar refractivity (Wildman–Crippen MR) is 93.0 cm³/mol. The van der Waals surface area contributed by atoms with Crippen LogP contribution in [-0.2, 0) is 14.8 Å². The van der Waals surface area contributed by atoms with E-state index in [1.807, 2.05) is 30.3 Å². The van der Waals surface area contributed by atoms with Gasteiger partial charge in [0.2, 0.25) is 10.0 Å². The molecule has 0 radical (unpaired) electrons. The Morgan fingerprint density at radius 3 is 2.60 bits per heavy atom. The van der Waals surface area contributed by atoms with Gasteiger partial charge in [0.25, 0.3) is 0 Å². The number of aliphatic carboxylic acids is 1. The third kappa shape index (κ3) is 3.51. The maximum absolute atomic E-state index is 12.1. The van der Waals surface area contributed by atoms with E-state index in [9.17, 15) is 18.3 Å². The lowest BCUT2D eigenvalue weighted by Crippen LogP contribution is -2.42. The maximum atomic E-state index is 12.1. The van der Waals surface area contributed by atoms with Gasteiger partial charge in [-0.25, -0.2) is 12.7 Å². The molecule has 138 valence electrons. The molecule has 0 bridgehead atoms. The monoisotopic (exact) mass is 368 g/mol. The summed E-state index contributed by atoms with van der Waals surface area (Å²) < 4.78 is 31.2. The first-order valence-electron chi connectivity index (χ1n) is 8.49. The third-order valence-corrected chi connectivity index (χ3v) is 7.05. The number of hydrogen-bond acceptors (Lipinski definition) is 5. The number of carboxylic acids is 1. The van der Waals surface area contributed by atoms with Crippen LogP contribution in [0, 0.1) is 11.3 Å². The van der Waals surface area contributed by atoms with E-state index in [4.69, 9.17) is 4.74 Å². The summed E-state index contributed by atoms with van der Waals surface area (Å²) in [6.07, 6.45) is 0. The van der Waals surface area contributed by atoms with Crippen LogP contribution < -0.4 is 4.74 Å². The molecular formula is C17H24N2O5S. The second-order valence-corrected chi connectivity index (χ2v) is 9.01. The topological polar surface area (TPSA) is 87.2 Å². The largest absolute Gasteiger partial charge is 0.492 e. The average molecular weight is 368 g/mol. The van der Waals surface area contributed by atoms with Crippen LogP contribution in [0.5, 0.6) is 5.75 Å². The summed E-state index contributed by atoms with van der Waals surface area (Å²) >= 11 is 0. The lowest BCUT2D eigenvalue weighted by atomic mass is 9.81. The van der Waals surface area contributed by atoms with E-state index in [2.05, 4.69) is 4.90 Å². The molecule has 2 atom stereocenters. The van der Waals surface area contributed by atoms with Crippen LogP contribution in [0.1, 0.15) is 6.92 Å². The van der Waals surface area contributed by atoms with Crippen molar-refractivity contribution in [3.05, 3.63) is 30.3 Å². The minimum absolute atomic E-state index is 0.00402. The van der Waals surface area contributed by atoms with Crippen LogP contribution >= 0.6 is 0 Å². The first-order valence-corrected chi connectivity index (χ1v) is 10.1. The minimum atomic E-state index is -3.36. The Kier molecular flexibility index (Phi) is 5.04. The van der Waals surface area contributed by atoms with Crippen LogP contribution in [0.2, 0.25) is 0 Å². The number of hydrogen-bond donors (Lipinski definition) is 1. The van der Waals surface area contributed by atoms with E-state index in [1.165, 1.54) is 4.31 Å². The SMILES string of the molecule is CCS(=O)(=O)N1CC2CN(CCOc3ccccc3)CC2(C(=O)O)C1. The minimum Gasteiger partial charge on any atom is -0.492 e. The van der Waals surface area contributed by atoms with Gasteiger partial charge in [-0.15, -0.1) is 0 Å². The van der Waals surface area contributed by atoms with E-state index in [0.29, 0.717) is 32.8 Å². The van der Waals surface area contributed by atoms with E-state index in [-0.39, 0.29) is 18.2 Å². The molecule has 25 heavy (non-hydrogen) atoms. The normalized spacial score (nSPS) is 27.3. The average Bonchev–Trinajstić information content (AvgIpc) is 3.11. The number of ether oxygens (including phenoxy) is 1. The van der Waals surface area contributed by atoms with Crippen molar-refractivity contribution in [2.24, 2.45) is 11.3 Å². The third-order valence-electron chi connectivity index (χ3n) is 5.25. The summed E-state index contributed by atoms with van der Waals surface area (Å²) in [4.78, 5) is 14.0. The molecule has 2 heterocycles. The highest BCUT2D eigenvalue weighted by Gasteiger charge is 2.59. The molecule has 1 aromatic carbocycles. The van der Waals surface area contributed by atoms with Crippen LogP contribution in [0.3, 0.4) is 0 Å². The molecule has 2 unspecified atom stereocenters. The van der Waals surface area contributed by atoms with Gasteiger partial charge in [-0.1, -0.05) is 18.2 Å². The van der Waals surface area contributed by atoms with Crippen molar-refractivity contribution < 1.29 is 23.1 Å². The van der Waals surface area contributed by atoms with Gasteiger partial charge in [-0.05, 0) is 19.1 Å².